The Hall–Kier alpha value is -1.46. The van der Waals surface area contributed by atoms with E-state index in [4.69, 9.17) is 0 Å². The molecule has 5 nitrogen and oxygen atoms in total. The topological polar surface area (TPSA) is 56.7 Å². The highest BCUT2D eigenvalue weighted by molar-refractivity contribution is 5.88. The number of rotatable bonds is 3. The second-order valence-electron chi connectivity index (χ2n) is 6.83. The van der Waals surface area contributed by atoms with E-state index in [1.54, 1.807) is 6.07 Å². The molecule has 2 heterocycles. The van der Waals surface area contributed by atoms with Crippen molar-refractivity contribution in [1.82, 2.24) is 14.8 Å². The molecule has 0 atom stereocenters. The van der Waals surface area contributed by atoms with E-state index in [2.05, 4.69) is 42.6 Å². The second kappa shape index (κ2) is 6.12. The molecule has 5 heteroatoms. The maximum Gasteiger partial charge on any atom is 0.337 e. The van der Waals surface area contributed by atoms with Crippen LogP contribution in [0.4, 0.5) is 0 Å². The molecule has 1 aliphatic heterocycles. The number of pyridine rings is 1. The standard InChI is InChI=1S/C16H25N3O2/c1-16(2,3)14-6-5-12(15(20)21)13(17-14)11-19-9-7-18(4)8-10-19/h5-6H,7-11H2,1-4H3,(H,20,21). The molecule has 0 spiro atoms. The second-order valence-corrected chi connectivity index (χ2v) is 6.83. The highest BCUT2D eigenvalue weighted by Gasteiger charge is 2.22. The quantitative estimate of drug-likeness (QED) is 0.920. The van der Waals surface area contributed by atoms with Crippen molar-refractivity contribution in [3.8, 4) is 0 Å². The Balaban J connectivity index is 2.24. The first-order valence-corrected chi connectivity index (χ1v) is 7.42. The van der Waals surface area contributed by atoms with Crippen LogP contribution in [0.25, 0.3) is 0 Å². The molecule has 0 aromatic carbocycles. The fourth-order valence-electron chi connectivity index (χ4n) is 2.45. The minimum absolute atomic E-state index is 0.0755. The molecule has 1 N–H and O–H groups in total. The third-order valence-corrected chi connectivity index (χ3v) is 3.94. The van der Waals surface area contributed by atoms with E-state index in [0.29, 0.717) is 17.8 Å². The van der Waals surface area contributed by atoms with Gasteiger partial charge in [0, 0.05) is 43.8 Å². The van der Waals surface area contributed by atoms with Gasteiger partial charge >= 0.3 is 5.97 Å². The third-order valence-electron chi connectivity index (χ3n) is 3.94. The highest BCUT2D eigenvalue weighted by atomic mass is 16.4. The van der Waals surface area contributed by atoms with Gasteiger partial charge in [-0.2, -0.15) is 0 Å². The summed E-state index contributed by atoms with van der Waals surface area (Å²) in [5.41, 5.74) is 1.87. The molecule has 1 aromatic heterocycles. The summed E-state index contributed by atoms with van der Waals surface area (Å²) in [5, 5.41) is 9.36. The molecule has 1 fully saturated rings. The Labute approximate surface area is 126 Å². The van der Waals surface area contributed by atoms with Crippen LogP contribution in [0, 0.1) is 0 Å². The average molecular weight is 291 g/mol. The van der Waals surface area contributed by atoms with Crippen molar-refractivity contribution in [3.05, 3.63) is 29.1 Å². The highest BCUT2D eigenvalue weighted by Crippen LogP contribution is 2.22. The van der Waals surface area contributed by atoms with Crippen molar-refractivity contribution < 1.29 is 9.90 Å². The van der Waals surface area contributed by atoms with E-state index in [1.807, 2.05) is 6.07 Å². The summed E-state index contributed by atoms with van der Waals surface area (Å²) in [4.78, 5) is 20.6. The molecule has 0 radical (unpaired) electrons. The van der Waals surface area contributed by atoms with Crippen LogP contribution in [-0.4, -0.2) is 59.1 Å². The van der Waals surface area contributed by atoms with Crippen molar-refractivity contribution in [2.24, 2.45) is 0 Å². The Morgan fingerprint density at radius 2 is 1.86 bits per heavy atom. The third kappa shape index (κ3) is 4.02. The van der Waals surface area contributed by atoms with E-state index in [-0.39, 0.29) is 5.41 Å². The number of carbonyl (C=O) groups is 1. The Morgan fingerprint density at radius 3 is 2.38 bits per heavy atom. The number of hydrogen-bond acceptors (Lipinski definition) is 4. The Bertz CT molecular complexity index is 515. The minimum Gasteiger partial charge on any atom is -0.478 e. The SMILES string of the molecule is CN1CCN(Cc2nc(C(C)(C)C)ccc2C(=O)O)CC1. The van der Waals surface area contributed by atoms with Gasteiger partial charge < -0.3 is 10.0 Å². The van der Waals surface area contributed by atoms with Crippen molar-refractivity contribution in [2.75, 3.05) is 33.2 Å². The lowest BCUT2D eigenvalue weighted by molar-refractivity contribution is 0.0692. The van der Waals surface area contributed by atoms with E-state index >= 15 is 0 Å². The van der Waals surface area contributed by atoms with Crippen LogP contribution in [0.3, 0.4) is 0 Å². The first-order valence-electron chi connectivity index (χ1n) is 7.42. The molecule has 0 amide bonds. The number of hydrogen-bond donors (Lipinski definition) is 1. The fraction of sp³-hybridized carbons (Fsp3) is 0.625. The van der Waals surface area contributed by atoms with Crippen LogP contribution in [0.1, 0.15) is 42.5 Å². The maximum absolute atomic E-state index is 11.4. The summed E-state index contributed by atoms with van der Waals surface area (Å²) in [6, 6.07) is 3.53. The zero-order valence-electron chi connectivity index (χ0n) is 13.4. The van der Waals surface area contributed by atoms with Gasteiger partial charge in [0.1, 0.15) is 0 Å². The van der Waals surface area contributed by atoms with Crippen molar-refractivity contribution >= 4 is 5.97 Å². The van der Waals surface area contributed by atoms with Crippen LogP contribution in [0.2, 0.25) is 0 Å². The summed E-state index contributed by atoms with van der Waals surface area (Å²) >= 11 is 0. The van der Waals surface area contributed by atoms with Crippen LogP contribution < -0.4 is 0 Å². The molecule has 116 valence electrons. The van der Waals surface area contributed by atoms with Crippen molar-refractivity contribution in [2.45, 2.75) is 32.7 Å². The summed E-state index contributed by atoms with van der Waals surface area (Å²) in [6.45, 7) is 10.8. The molecular formula is C16H25N3O2. The predicted molar refractivity (Wildman–Crippen MR) is 82.7 cm³/mol. The number of carboxylic acids is 1. The van der Waals surface area contributed by atoms with Gasteiger partial charge in [-0.15, -0.1) is 0 Å². The van der Waals surface area contributed by atoms with E-state index in [9.17, 15) is 9.90 Å². The molecule has 1 saturated heterocycles. The number of carboxylic acid groups (broad SMARTS) is 1. The Kier molecular flexibility index (Phi) is 4.64. The van der Waals surface area contributed by atoms with Gasteiger partial charge in [-0.3, -0.25) is 9.88 Å². The van der Waals surface area contributed by atoms with Gasteiger partial charge in [-0.05, 0) is 19.2 Å². The van der Waals surface area contributed by atoms with Gasteiger partial charge in [-0.1, -0.05) is 20.8 Å². The number of aromatic nitrogens is 1. The van der Waals surface area contributed by atoms with E-state index in [0.717, 1.165) is 31.9 Å². The molecule has 0 saturated carbocycles. The zero-order valence-corrected chi connectivity index (χ0v) is 13.4. The number of piperazine rings is 1. The molecular weight excluding hydrogens is 266 g/mol. The summed E-state index contributed by atoms with van der Waals surface area (Å²) in [6.07, 6.45) is 0. The van der Waals surface area contributed by atoms with Gasteiger partial charge in [0.25, 0.3) is 0 Å². The van der Waals surface area contributed by atoms with Crippen LogP contribution >= 0.6 is 0 Å². The monoisotopic (exact) mass is 291 g/mol. The summed E-state index contributed by atoms with van der Waals surface area (Å²) in [7, 11) is 2.11. The summed E-state index contributed by atoms with van der Waals surface area (Å²) in [5.74, 6) is -0.896. The van der Waals surface area contributed by atoms with Crippen molar-refractivity contribution in [1.29, 1.82) is 0 Å². The van der Waals surface area contributed by atoms with Gasteiger partial charge in [0.05, 0.1) is 11.3 Å². The van der Waals surface area contributed by atoms with Gasteiger partial charge in [0.15, 0.2) is 0 Å². The lowest BCUT2D eigenvalue weighted by atomic mass is 9.91. The first kappa shape index (κ1) is 15.9. The maximum atomic E-state index is 11.4. The fourth-order valence-corrected chi connectivity index (χ4v) is 2.45. The molecule has 0 aliphatic carbocycles. The molecule has 2 rings (SSSR count). The van der Waals surface area contributed by atoms with Crippen LogP contribution in [0.15, 0.2) is 12.1 Å². The first-order chi connectivity index (χ1) is 9.77. The van der Waals surface area contributed by atoms with Gasteiger partial charge in [0.2, 0.25) is 0 Å². The average Bonchev–Trinajstić information content (AvgIpc) is 2.40. The Morgan fingerprint density at radius 1 is 1.24 bits per heavy atom. The number of likely N-dealkylation sites (N-methyl/N-ethyl adjacent to an activating group) is 1. The molecule has 0 bridgehead atoms. The van der Waals surface area contributed by atoms with Gasteiger partial charge in [-0.25, -0.2) is 4.79 Å². The molecule has 21 heavy (non-hydrogen) atoms. The van der Waals surface area contributed by atoms with E-state index in [1.165, 1.54) is 0 Å². The molecule has 0 unspecified atom stereocenters. The lowest BCUT2D eigenvalue weighted by Gasteiger charge is -2.32. The minimum atomic E-state index is -0.896. The normalized spacial score (nSPS) is 17.9. The number of aromatic carboxylic acids is 1. The van der Waals surface area contributed by atoms with E-state index < -0.39 is 5.97 Å². The summed E-state index contributed by atoms with van der Waals surface area (Å²) < 4.78 is 0. The van der Waals surface area contributed by atoms with Crippen LogP contribution in [-0.2, 0) is 12.0 Å². The number of nitrogens with zero attached hydrogens (tertiary/aromatic N) is 3. The molecule has 1 aliphatic rings. The molecule has 1 aromatic rings. The largest absolute Gasteiger partial charge is 0.478 e. The zero-order chi connectivity index (χ0) is 15.6. The lowest BCUT2D eigenvalue weighted by Crippen LogP contribution is -2.44. The predicted octanol–water partition coefficient (Wildman–Crippen LogP) is 1.82. The van der Waals surface area contributed by atoms with Crippen LogP contribution in [0.5, 0.6) is 0 Å². The smallest absolute Gasteiger partial charge is 0.337 e. The van der Waals surface area contributed by atoms with Crippen molar-refractivity contribution in [3.63, 3.8) is 0 Å².